The summed E-state index contributed by atoms with van der Waals surface area (Å²) in [5.74, 6) is -1.06. The highest BCUT2D eigenvalue weighted by molar-refractivity contribution is 7.88. The largest absolute Gasteiger partial charge is 0.478 e. The van der Waals surface area contributed by atoms with Crippen LogP contribution in [0, 0.1) is 0 Å². The van der Waals surface area contributed by atoms with Gasteiger partial charge in [0.25, 0.3) is 10.1 Å². The summed E-state index contributed by atoms with van der Waals surface area (Å²) in [5, 5.41) is 8.87. The van der Waals surface area contributed by atoms with Gasteiger partial charge in [-0.15, -0.1) is 0 Å². The number of carbonyl (C=O) groups is 1. The maximum absolute atomic E-state index is 12.2. The molecule has 0 aliphatic rings. The van der Waals surface area contributed by atoms with Crippen molar-refractivity contribution < 1.29 is 22.9 Å². The molecule has 0 aliphatic heterocycles. The van der Waals surface area contributed by atoms with Gasteiger partial charge in [0.15, 0.2) is 0 Å². The molecular weight excluding hydrogens is 332 g/mol. The van der Waals surface area contributed by atoms with Crippen molar-refractivity contribution in [1.82, 2.24) is 0 Å². The maximum atomic E-state index is 12.2. The molecule has 0 saturated carbocycles. The van der Waals surface area contributed by atoms with Crippen LogP contribution in [0.1, 0.15) is 60.8 Å². The lowest BCUT2D eigenvalue weighted by atomic mass is 10.1. The van der Waals surface area contributed by atoms with Gasteiger partial charge in [0.1, 0.15) is 0 Å². The van der Waals surface area contributed by atoms with Crippen molar-refractivity contribution in [2.45, 2.75) is 82.3 Å². The Balaban J connectivity index is 5.68. The number of carboxylic acids is 1. The molecule has 0 rings (SSSR count). The van der Waals surface area contributed by atoms with E-state index in [4.69, 9.17) is 5.11 Å². The van der Waals surface area contributed by atoms with E-state index in [2.05, 4.69) is 6.58 Å². The second kappa shape index (κ2) is 8.44. The van der Waals surface area contributed by atoms with Gasteiger partial charge < -0.3 is 5.11 Å². The quantitative estimate of drug-likeness (QED) is 0.343. The Morgan fingerprint density at radius 1 is 1.04 bits per heavy atom. The van der Waals surface area contributed by atoms with Crippen LogP contribution in [0.3, 0.4) is 0 Å². The van der Waals surface area contributed by atoms with Gasteiger partial charge >= 0.3 is 5.97 Å². The lowest BCUT2D eigenvalue weighted by Gasteiger charge is -2.47. The third-order valence-electron chi connectivity index (χ3n) is 5.16. The van der Waals surface area contributed by atoms with Crippen LogP contribution in [0.2, 0.25) is 16.6 Å². The van der Waals surface area contributed by atoms with Crippen LogP contribution in [0.15, 0.2) is 12.2 Å². The van der Waals surface area contributed by atoms with E-state index in [0.29, 0.717) is 6.42 Å². The predicted octanol–water partition coefficient (Wildman–Crippen LogP) is 4.27. The molecule has 7 heteroatoms. The normalized spacial score (nSPS) is 14.5. The standard InChI is InChI=1S/C16H32O5SSi/c1-11(2)23(12(3)4,13(5)6)15(22(19,20)21)10-8-9-14(7)16(17)18/h11-13,15H,7-10H2,1-6H3,(H,17,18)(H,19,20,21). The summed E-state index contributed by atoms with van der Waals surface area (Å²) in [7, 11) is -6.60. The molecule has 0 saturated heterocycles. The van der Waals surface area contributed by atoms with Gasteiger partial charge in [0.2, 0.25) is 0 Å². The SMILES string of the molecule is C=C(CCCC([Si](C(C)C)(C(C)C)C(C)C)S(=O)(=O)O)C(=O)O. The first-order chi connectivity index (χ1) is 10.3. The highest BCUT2D eigenvalue weighted by atomic mass is 32.2. The monoisotopic (exact) mass is 364 g/mol. The molecule has 0 aromatic rings. The van der Waals surface area contributed by atoms with Crippen LogP contribution < -0.4 is 0 Å². The van der Waals surface area contributed by atoms with E-state index >= 15 is 0 Å². The van der Waals surface area contributed by atoms with Crippen molar-refractivity contribution in [2.75, 3.05) is 0 Å². The van der Waals surface area contributed by atoms with Crippen LogP contribution in [-0.4, -0.2) is 37.0 Å². The number of hydrogen-bond acceptors (Lipinski definition) is 3. The molecule has 2 N–H and O–H groups in total. The molecule has 0 spiro atoms. The molecule has 136 valence electrons. The highest BCUT2D eigenvalue weighted by Crippen LogP contribution is 2.47. The molecule has 0 fully saturated rings. The van der Waals surface area contributed by atoms with Crippen molar-refractivity contribution in [1.29, 1.82) is 0 Å². The summed E-state index contributed by atoms with van der Waals surface area (Å²) in [6.07, 6.45) is 0.919. The minimum absolute atomic E-state index is 0.0741. The fourth-order valence-corrected chi connectivity index (χ4v) is 16.3. The number of hydrogen-bond donors (Lipinski definition) is 2. The van der Waals surface area contributed by atoms with E-state index in [1.54, 1.807) is 0 Å². The molecular formula is C16H32O5SSi. The van der Waals surface area contributed by atoms with Gasteiger partial charge in [-0.3, -0.25) is 4.55 Å². The van der Waals surface area contributed by atoms with Gasteiger partial charge in [-0.1, -0.05) is 48.1 Å². The van der Waals surface area contributed by atoms with Gasteiger partial charge in [0, 0.05) is 5.57 Å². The first kappa shape index (κ1) is 22.3. The first-order valence-corrected chi connectivity index (χ1v) is 12.0. The second-order valence-electron chi connectivity index (χ2n) is 7.27. The Hall–Kier alpha value is -0.663. The van der Waals surface area contributed by atoms with Crippen molar-refractivity contribution >= 4 is 24.2 Å². The summed E-state index contributed by atoms with van der Waals surface area (Å²) in [5.41, 5.74) is 0.649. The Labute approximate surface area is 141 Å². The summed E-state index contributed by atoms with van der Waals surface area (Å²) in [4.78, 5) is 10.1. The van der Waals surface area contributed by atoms with E-state index in [9.17, 15) is 17.8 Å². The molecule has 1 unspecified atom stereocenters. The van der Waals surface area contributed by atoms with Gasteiger partial charge in [-0.25, -0.2) is 4.79 Å². The molecule has 5 nitrogen and oxygen atoms in total. The fraction of sp³-hybridized carbons (Fsp3) is 0.812. The minimum Gasteiger partial charge on any atom is -0.478 e. The van der Waals surface area contributed by atoms with Crippen molar-refractivity contribution in [3.63, 3.8) is 0 Å². The maximum Gasteiger partial charge on any atom is 0.330 e. The lowest BCUT2D eigenvalue weighted by molar-refractivity contribution is -0.132. The Morgan fingerprint density at radius 3 is 1.70 bits per heavy atom. The molecule has 0 bridgehead atoms. The van der Waals surface area contributed by atoms with Crippen LogP contribution >= 0.6 is 0 Å². The fourth-order valence-electron chi connectivity index (χ4n) is 4.38. The smallest absolute Gasteiger partial charge is 0.330 e. The van der Waals surface area contributed by atoms with E-state index in [0.717, 1.165) is 0 Å². The number of carboxylic acid groups (broad SMARTS) is 1. The zero-order valence-electron chi connectivity index (χ0n) is 15.2. The van der Waals surface area contributed by atoms with Crippen LogP contribution in [0.4, 0.5) is 0 Å². The first-order valence-electron chi connectivity index (χ1n) is 8.16. The van der Waals surface area contributed by atoms with Crippen molar-refractivity contribution in [3.05, 3.63) is 12.2 Å². The zero-order valence-corrected chi connectivity index (χ0v) is 17.0. The average Bonchev–Trinajstić information content (AvgIpc) is 2.34. The molecule has 0 radical (unpaired) electrons. The van der Waals surface area contributed by atoms with Crippen LogP contribution in [0.5, 0.6) is 0 Å². The number of rotatable bonds is 10. The molecule has 1 atom stereocenters. The van der Waals surface area contributed by atoms with Gasteiger partial charge in [-0.05, 0) is 35.9 Å². The third-order valence-corrected chi connectivity index (χ3v) is 15.6. The topological polar surface area (TPSA) is 91.7 Å². The van der Waals surface area contributed by atoms with Gasteiger partial charge in [-0.2, -0.15) is 8.42 Å². The Kier molecular flexibility index (Phi) is 8.20. The zero-order chi connectivity index (χ0) is 18.6. The van der Waals surface area contributed by atoms with Crippen molar-refractivity contribution in [3.8, 4) is 0 Å². The lowest BCUT2D eigenvalue weighted by Crippen LogP contribution is -2.58. The molecule has 0 aromatic carbocycles. The van der Waals surface area contributed by atoms with Crippen molar-refractivity contribution in [2.24, 2.45) is 0 Å². The van der Waals surface area contributed by atoms with E-state index in [1.165, 1.54) is 0 Å². The number of aliphatic carboxylic acids is 1. The summed E-state index contributed by atoms with van der Waals surface area (Å²) in [6.45, 7) is 15.7. The Bertz CT molecular complexity index is 501. The molecule has 0 amide bonds. The third kappa shape index (κ3) is 5.16. The molecule has 0 aliphatic carbocycles. The molecule has 0 aromatic heterocycles. The van der Waals surface area contributed by atoms with Crippen LogP contribution in [0.25, 0.3) is 0 Å². The van der Waals surface area contributed by atoms with E-state index in [1.807, 2.05) is 41.5 Å². The summed E-state index contributed by atoms with van der Waals surface area (Å²) in [6, 6.07) is 0. The minimum atomic E-state index is -4.19. The van der Waals surface area contributed by atoms with Gasteiger partial charge in [0.05, 0.1) is 12.9 Å². The molecule has 0 heterocycles. The van der Waals surface area contributed by atoms with Crippen LogP contribution in [-0.2, 0) is 14.9 Å². The molecule has 23 heavy (non-hydrogen) atoms. The summed E-state index contributed by atoms with van der Waals surface area (Å²) < 4.78 is 34.2. The van der Waals surface area contributed by atoms with E-state index in [-0.39, 0.29) is 35.0 Å². The average molecular weight is 365 g/mol. The van der Waals surface area contributed by atoms with E-state index < -0.39 is 29.0 Å². The highest BCUT2D eigenvalue weighted by Gasteiger charge is 2.53. The summed E-state index contributed by atoms with van der Waals surface area (Å²) >= 11 is 0. The second-order valence-corrected chi connectivity index (χ2v) is 15.4. The Morgan fingerprint density at radius 2 is 1.43 bits per heavy atom. The predicted molar refractivity (Wildman–Crippen MR) is 97.0 cm³/mol.